The Bertz CT molecular complexity index is 139. The summed E-state index contributed by atoms with van der Waals surface area (Å²) in [5.74, 6) is 0.174. The third-order valence-electron chi connectivity index (χ3n) is 2.07. The topological polar surface area (TPSA) is 35.5 Å². The predicted octanol–water partition coefficient (Wildman–Crippen LogP) is 1.16. The van der Waals surface area contributed by atoms with Gasteiger partial charge in [0.1, 0.15) is 6.61 Å². The number of ketones is 1. The Morgan fingerprint density at radius 1 is 1.67 bits per heavy atom. The van der Waals surface area contributed by atoms with E-state index in [0.29, 0.717) is 12.5 Å². The van der Waals surface area contributed by atoms with Crippen LogP contribution in [0.15, 0.2) is 0 Å². The minimum atomic E-state index is 0.174. The Morgan fingerprint density at radius 3 is 3.08 bits per heavy atom. The first-order valence-electron chi connectivity index (χ1n) is 4.45. The molecule has 0 aliphatic carbocycles. The van der Waals surface area contributed by atoms with E-state index >= 15 is 0 Å². The van der Waals surface area contributed by atoms with Gasteiger partial charge in [-0.2, -0.15) is 0 Å². The summed E-state index contributed by atoms with van der Waals surface area (Å²) in [5, 5.41) is 0. The fourth-order valence-corrected chi connectivity index (χ4v) is 1.43. The van der Waals surface area contributed by atoms with Crippen molar-refractivity contribution < 1.29 is 14.3 Å². The second kappa shape index (κ2) is 5.27. The summed E-state index contributed by atoms with van der Waals surface area (Å²) in [4.78, 5) is 11.0. The Labute approximate surface area is 73.0 Å². The number of ether oxygens (including phenoxy) is 2. The van der Waals surface area contributed by atoms with E-state index in [1.54, 1.807) is 7.11 Å². The minimum Gasteiger partial charge on any atom is -0.378 e. The third-order valence-corrected chi connectivity index (χ3v) is 2.07. The van der Waals surface area contributed by atoms with Crippen LogP contribution in [-0.2, 0) is 14.3 Å². The molecule has 70 valence electrons. The van der Waals surface area contributed by atoms with E-state index in [4.69, 9.17) is 9.47 Å². The van der Waals surface area contributed by atoms with Gasteiger partial charge in [-0.3, -0.25) is 4.79 Å². The Balaban J connectivity index is 2.03. The summed E-state index contributed by atoms with van der Waals surface area (Å²) in [6.07, 6.45) is 4.04. The molecule has 0 bridgehead atoms. The summed E-state index contributed by atoms with van der Waals surface area (Å²) in [6.45, 7) is 1.11. The molecule has 0 radical (unpaired) electrons. The van der Waals surface area contributed by atoms with E-state index in [9.17, 15) is 4.79 Å². The molecular weight excluding hydrogens is 156 g/mol. The number of carbonyl (C=O) groups is 1. The van der Waals surface area contributed by atoms with Crippen LogP contribution in [0.1, 0.15) is 25.7 Å². The lowest BCUT2D eigenvalue weighted by atomic mass is 10.1. The van der Waals surface area contributed by atoms with Gasteiger partial charge in [0.2, 0.25) is 0 Å². The SMILES string of the molecule is COCC(=O)CCC1CCCO1. The lowest BCUT2D eigenvalue weighted by molar-refractivity contribution is -0.123. The monoisotopic (exact) mass is 172 g/mol. The van der Waals surface area contributed by atoms with Gasteiger partial charge in [-0.1, -0.05) is 0 Å². The fraction of sp³-hybridized carbons (Fsp3) is 0.889. The summed E-state index contributed by atoms with van der Waals surface area (Å²) >= 11 is 0. The molecule has 1 unspecified atom stereocenters. The maximum absolute atomic E-state index is 11.0. The molecule has 1 aliphatic rings. The number of hydrogen-bond acceptors (Lipinski definition) is 3. The molecule has 0 aromatic carbocycles. The summed E-state index contributed by atoms with van der Waals surface area (Å²) in [5.41, 5.74) is 0. The predicted molar refractivity (Wildman–Crippen MR) is 45.1 cm³/mol. The molecule has 1 saturated heterocycles. The van der Waals surface area contributed by atoms with Gasteiger partial charge in [-0.15, -0.1) is 0 Å². The Kier molecular flexibility index (Phi) is 4.25. The van der Waals surface area contributed by atoms with Crippen LogP contribution in [0.4, 0.5) is 0 Å². The summed E-state index contributed by atoms with van der Waals surface area (Å²) in [7, 11) is 1.55. The van der Waals surface area contributed by atoms with Crippen LogP contribution < -0.4 is 0 Å². The van der Waals surface area contributed by atoms with Crippen molar-refractivity contribution in [1.29, 1.82) is 0 Å². The van der Waals surface area contributed by atoms with Crippen molar-refractivity contribution in [3.8, 4) is 0 Å². The molecular formula is C9H16O3. The standard InChI is InChI=1S/C9H16O3/c1-11-7-8(10)4-5-9-3-2-6-12-9/h9H,2-7H2,1H3. The normalized spacial score (nSPS) is 22.9. The Hall–Kier alpha value is -0.410. The van der Waals surface area contributed by atoms with Crippen molar-refractivity contribution in [1.82, 2.24) is 0 Å². The van der Waals surface area contributed by atoms with Crippen LogP contribution in [0.25, 0.3) is 0 Å². The molecule has 1 fully saturated rings. The van der Waals surface area contributed by atoms with E-state index in [2.05, 4.69) is 0 Å². The molecule has 0 amide bonds. The molecule has 0 saturated carbocycles. The minimum absolute atomic E-state index is 0.174. The molecule has 1 aliphatic heterocycles. The molecule has 0 N–H and O–H groups in total. The van der Waals surface area contributed by atoms with Gasteiger partial charge >= 0.3 is 0 Å². The van der Waals surface area contributed by atoms with E-state index < -0.39 is 0 Å². The number of rotatable bonds is 5. The first-order valence-corrected chi connectivity index (χ1v) is 4.45. The first-order chi connectivity index (χ1) is 5.83. The highest BCUT2D eigenvalue weighted by Gasteiger charge is 2.16. The highest BCUT2D eigenvalue weighted by molar-refractivity contribution is 5.79. The van der Waals surface area contributed by atoms with Gasteiger partial charge < -0.3 is 9.47 Å². The smallest absolute Gasteiger partial charge is 0.158 e. The molecule has 0 aromatic rings. The number of carbonyl (C=O) groups excluding carboxylic acids is 1. The van der Waals surface area contributed by atoms with Crippen LogP contribution in [-0.4, -0.2) is 32.2 Å². The van der Waals surface area contributed by atoms with E-state index in [-0.39, 0.29) is 12.4 Å². The van der Waals surface area contributed by atoms with Gasteiger partial charge in [-0.25, -0.2) is 0 Å². The van der Waals surface area contributed by atoms with Crippen LogP contribution in [0.2, 0.25) is 0 Å². The summed E-state index contributed by atoms with van der Waals surface area (Å²) in [6, 6.07) is 0. The van der Waals surface area contributed by atoms with Gasteiger partial charge in [-0.05, 0) is 19.3 Å². The zero-order valence-corrected chi connectivity index (χ0v) is 7.54. The zero-order valence-electron chi connectivity index (χ0n) is 7.54. The second-order valence-electron chi connectivity index (χ2n) is 3.15. The zero-order chi connectivity index (χ0) is 8.81. The molecule has 0 aromatic heterocycles. The van der Waals surface area contributed by atoms with Crippen molar-refractivity contribution in [3.63, 3.8) is 0 Å². The molecule has 1 atom stereocenters. The third kappa shape index (κ3) is 3.32. The molecule has 1 heterocycles. The maximum Gasteiger partial charge on any atom is 0.158 e. The van der Waals surface area contributed by atoms with E-state index in [0.717, 1.165) is 25.9 Å². The average molecular weight is 172 g/mol. The van der Waals surface area contributed by atoms with Crippen molar-refractivity contribution in [2.24, 2.45) is 0 Å². The molecule has 0 spiro atoms. The highest BCUT2D eigenvalue weighted by atomic mass is 16.5. The van der Waals surface area contributed by atoms with Crippen LogP contribution in [0.3, 0.4) is 0 Å². The number of methoxy groups -OCH3 is 1. The molecule has 3 heteroatoms. The lowest BCUT2D eigenvalue weighted by Gasteiger charge is -2.07. The van der Waals surface area contributed by atoms with Crippen molar-refractivity contribution >= 4 is 5.78 Å². The van der Waals surface area contributed by atoms with Gasteiger partial charge in [0, 0.05) is 20.1 Å². The van der Waals surface area contributed by atoms with Gasteiger partial charge in [0.25, 0.3) is 0 Å². The molecule has 3 nitrogen and oxygen atoms in total. The van der Waals surface area contributed by atoms with Crippen molar-refractivity contribution in [2.45, 2.75) is 31.8 Å². The van der Waals surface area contributed by atoms with Gasteiger partial charge in [0.15, 0.2) is 5.78 Å². The van der Waals surface area contributed by atoms with Crippen LogP contribution >= 0.6 is 0 Å². The highest BCUT2D eigenvalue weighted by Crippen LogP contribution is 2.16. The number of hydrogen-bond donors (Lipinski definition) is 0. The van der Waals surface area contributed by atoms with E-state index in [1.807, 2.05) is 0 Å². The molecule has 12 heavy (non-hydrogen) atoms. The first kappa shape index (κ1) is 9.68. The maximum atomic E-state index is 11.0. The van der Waals surface area contributed by atoms with Crippen LogP contribution in [0, 0.1) is 0 Å². The largest absolute Gasteiger partial charge is 0.378 e. The van der Waals surface area contributed by atoms with E-state index in [1.165, 1.54) is 0 Å². The fourth-order valence-electron chi connectivity index (χ4n) is 1.43. The van der Waals surface area contributed by atoms with Crippen LogP contribution in [0.5, 0.6) is 0 Å². The van der Waals surface area contributed by atoms with Gasteiger partial charge in [0.05, 0.1) is 6.10 Å². The average Bonchev–Trinajstić information content (AvgIpc) is 2.53. The van der Waals surface area contributed by atoms with Crippen molar-refractivity contribution in [2.75, 3.05) is 20.3 Å². The van der Waals surface area contributed by atoms with Crippen molar-refractivity contribution in [3.05, 3.63) is 0 Å². The lowest BCUT2D eigenvalue weighted by Crippen LogP contribution is -2.11. The molecule has 1 rings (SSSR count). The number of Topliss-reactive ketones (excluding diaryl/α,β-unsaturated/α-hetero) is 1. The Morgan fingerprint density at radius 2 is 2.50 bits per heavy atom. The second-order valence-corrected chi connectivity index (χ2v) is 3.15. The quantitative estimate of drug-likeness (QED) is 0.624. The summed E-state index contributed by atoms with van der Waals surface area (Å²) < 4.78 is 10.1.